The molecule has 1 N–H and O–H groups in total. The lowest BCUT2D eigenvalue weighted by Crippen LogP contribution is -2.11. The molecule has 2 heteroatoms. The molecule has 0 aromatic rings. The molecule has 0 saturated carbocycles. The van der Waals surface area contributed by atoms with Crippen LogP contribution in [0.25, 0.3) is 0 Å². The number of rotatable bonds is 7. The predicted octanol–water partition coefficient (Wildman–Crippen LogP) is 1.99. The van der Waals surface area contributed by atoms with Crippen molar-refractivity contribution in [1.29, 1.82) is 0 Å². The minimum absolute atomic E-state index is 0.325. The van der Waals surface area contributed by atoms with Gasteiger partial charge in [0.05, 0.1) is 0 Å². The molecule has 1 unspecified atom stereocenters. The predicted molar refractivity (Wildman–Crippen MR) is 52.2 cm³/mol. The fourth-order valence-electron chi connectivity index (χ4n) is 1.42. The van der Waals surface area contributed by atoms with Gasteiger partial charge in [0.2, 0.25) is 0 Å². The molecule has 2 nitrogen and oxygen atoms in total. The Labute approximate surface area is 75.7 Å². The summed E-state index contributed by atoms with van der Waals surface area (Å²) in [7, 11) is 1.96. The Morgan fingerprint density at radius 3 is 2.58 bits per heavy atom. The van der Waals surface area contributed by atoms with Crippen LogP contribution in [0, 0.1) is 5.92 Å². The van der Waals surface area contributed by atoms with Gasteiger partial charge in [0.15, 0.2) is 0 Å². The highest BCUT2D eigenvalue weighted by atomic mass is 16.1. The maximum absolute atomic E-state index is 10.8. The second kappa shape index (κ2) is 7.29. The Balaban J connectivity index is 3.46. The van der Waals surface area contributed by atoms with Gasteiger partial charge in [-0.25, -0.2) is 0 Å². The van der Waals surface area contributed by atoms with Crippen LogP contribution in [-0.4, -0.2) is 19.4 Å². The zero-order chi connectivity index (χ0) is 9.40. The topological polar surface area (TPSA) is 29.1 Å². The van der Waals surface area contributed by atoms with E-state index in [0.29, 0.717) is 11.7 Å². The van der Waals surface area contributed by atoms with Gasteiger partial charge in [0, 0.05) is 6.42 Å². The van der Waals surface area contributed by atoms with E-state index in [-0.39, 0.29) is 0 Å². The monoisotopic (exact) mass is 171 g/mol. The Morgan fingerprint density at radius 2 is 2.17 bits per heavy atom. The molecule has 0 saturated heterocycles. The van der Waals surface area contributed by atoms with E-state index in [0.717, 1.165) is 19.4 Å². The van der Waals surface area contributed by atoms with E-state index in [2.05, 4.69) is 12.2 Å². The summed E-state index contributed by atoms with van der Waals surface area (Å²) in [5, 5.41) is 3.12. The van der Waals surface area contributed by atoms with Crippen molar-refractivity contribution in [3.05, 3.63) is 0 Å². The minimum Gasteiger partial charge on any atom is -0.320 e. The van der Waals surface area contributed by atoms with E-state index in [1.165, 1.54) is 12.8 Å². The van der Waals surface area contributed by atoms with Gasteiger partial charge in [0.1, 0.15) is 5.78 Å². The highest BCUT2D eigenvalue weighted by Gasteiger charge is 2.07. The van der Waals surface area contributed by atoms with Gasteiger partial charge >= 0.3 is 0 Å². The lowest BCUT2D eigenvalue weighted by molar-refractivity contribution is -0.117. The molecule has 0 rings (SSSR count). The van der Waals surface area contributed by atoms with Crippen molar-refractivity contribution in [2.75, 3.05) is 13.6 Å². The molecule has 0 fully saturated rings. The van der Waals surface area contributed by atoms with Gasteiger partial charge in [0.25, 0.3) is 0 Å². The van der Waals surface area contributed by atoms with Crippen LogP contribution in [0.3, 0.4) is 0 Å². The molecule has 1 atom stereocenters. The minimum atomic E-state index is 0.325. The molecule has 0 bridgehead atoms. The molecule has 0 aromatic carbocycles. The number of ketones is 1. The molecule has 12 heavy (non-hydrogen) atoms. The Bertz CT molecular complexity index is 123. The summed E-state index contributed by atoms with van der Waals surface area (Å²) < 4.78 is 0. The number of hydrogen-bond acceptors (Lipinski definition) is 2. The van der Waals surface area contributed by atoms with Gasteiger partial charge in [-0.1, -0.05) is 13.3 Å². The number of nitrogens with one attached hydrogen (secondary N) is 1. The van der Waals surface area contributed by atoms with E-state index in [4.69, 9.17) is 0 Å². The van der Waals surface area contributed by atoms with Gasteiger partial charge in [-0.05, 0) is 39.3 Å². The second-order valence-corrected chi connectivity index (χ2v) is 3.43. The van der Waals surface area contributed by atoms with Crippen LogP contribution in [0.1, 0.15) is 39.5 Å². The maximum atomic E-state index is 10.8. The Hall–Kier alpha value is -0.370. The highest BCUT2D eigenvalue weighted by Crippen LogP contribution is 2.14. The molecular formula is C10H21NO. The van der Waals surface area contributed by atoms with Crippen LogP contribution in [0.4, 0.5) is 0 Å². The van der Waals surface area contributed by atoms with Crippen LogP contribution in [0.5, 0.6) is 0 Å². The molecule has 0 amide bonds. The molecule has 0 heterocycles. The average molecular weight is 171 g/mol. The summed E-state index contributed by atoms with van der Waals surface area (Å²) in [6.07, 6.45) is 4.25. The summed E-state index contributed by atoms with van der Waals surface area (Å²) in [5.41, 5.74) is 0. The smallest absolute Gasteiger partial charge is 0.130 e. The van der Waals surface area contributed by atoms with Crippen LogP contribution < -0.4 is 5.32 Å². The van der Waals surface area contributed by atoms with Gasteiger partial charge < -0.3 is 10.1 Å². The van der Waals surface area contributed by atoms with Crippen molar-refractivity contribution >= 4 is 5.78 Å². The first kappa shape index (κ1) is 11.6. The zero-order valence-corrected chi connectivity index (χ0v) is 8.52. The van der Waals surface area contributed by atoms with Crippen molar-refractivity contribution in [3.63, 3.8) is 0 Å². The summed E-state index contributed by atoms with van der Waals surface area (Å²) in [6.45, 7) is 4.90. The maximum Gasteiger partial charge on any atom is 0.130 e. The van der Waals surface area contributed by atoms with E-state index < -0.39 is 0 Å². The molecule has 0 aliphatic carbocycles. The second-order valence-electron chi connectivity index (χ2n) is 3.43. The lowest BCUT2D eigenvalue weighted by atomic mass is 9.95. The fourth-order valence-corrected chi connectivity index (χ4v) is 1.42. The van der Waals surface area contributed by atoms with Crippen LogP contribution in [-0.2, 0) is 4.79 Å². The van der Waals surface area contributed by atoms with Crippen LogP contribution in [0.15, 0.2) is 0 Å². The molecule has 0 radical (unpaired) electrons. The first-order valence-corrected chi connectivity index (χ1v) is 4.84. The quantitative estimate of drug-likeness (QED) is 0.593. The van der Waals surface area contributed by atoms with Crippen molar-refractivity contribution in [1.82, 2.24) is 5.32 Å². The average Bonchev–Trinajstić information content (AvgIpc) is 2.02. The van der Waals surface area contributed by atoms with Crippen molar-refractivity contribution in [2.45, 2.75) is 39.5 Å². The van der Waals surface area contributed by atoms with Gasteiger partial charge in [-0.3, -0.25) is 0 Å². The first-order chi connectivity index (χ1) is 5.70. The first-order valence-electron chi connectivity index (χ1n) is 4.84. The number of carbonyl (C=O) groups is 1. The number of carbonyl (C=O) groups excluding carboxylic acids is 1. The molecule has 0 aliphatic rings. The molecule has 0 aromatic heterocycles. The Kier molecular flexibility index (Phi) is 7.06. The number of Topliss-reactive ketones (excluding diaryl/α,β-unsaturated/α-hetero) is 1. The summed E-state index contributed by atoms with van der Waals surface area (Å²) >= 11 is 0. The molecular weight excluding hydrogens is 150 g/mol. The van der Waals surface area contributed by atoms with E-state index in [1.54, 1.807) is 6.92 Å². The van der Waals surface area contributed by atoms with Crippen LogP contribution in [0.2, 0.25) is 0 Å². The number of hydrogen-bond donors (Lipinski definition) is 1. The van der Waals surface area contributed by atoms with Gasteiger partial charge in [-0.15, -0.1) is 0 Å². The standard InChI is InChI=1S/C10H21NO/c1-4-10(8-9(2)12)6-5-7-11-3/h10-11H,4-8H2,1-3H3. The summed E-state index contributed by atoms with van der Waals surface area (Å²) in [5.74, 6) is 0.933. The molecule has 72 valence electrons. The van der Waals surface area contributed by atoms with Gasteiger partial charge in [-0.2, -0.15) is 0 Å². The third-order valence-corrected chi connectivity index (χ3v) is 2.19. The summed E-state index contributed by atoms with van der Waals surface area (Å²) in [6, 6.07) is 0. The normalized spacial score (nSPS) is 12.9. The fraction of sp³-hybridized carbons (Fsp3) is 0.900. The SMILES string of the molecule is CCC(CCCNC)CC(C)=O. The highest BCUT2D eigenvalue weighted by molar-refractivity contribution is 5.75. The largest absolute Gasteiger partial charge is 0.320 e. The summed E-state index contributed by atoms with van der Waals surface area (Å²) in [4.78, 5) is 10.8. The molecule has 0 aliphatic heterocycles. The van der Waals surface area contributed by atoms with E-state index in [9.17, 15) is 4.79 Å². The lowest BCUT2D eigenvalue weighted by Gasteiger charge is -2.11. The van der Waals surface area contributed by atoms with Crippen molar-refractivity contribution in [3.8, 4) is 0 Å². The third kappa shape index (κ3) is 6.35. The third-order valence-electron chi connectivity index (χ3n) is 2.19. The molecule has 0 spiro atoms. The zero-order valence-electron chi connectivity index (χ0n) is 8.52. The Morgan fingerprint density at radius 1 is 1.50 bits per heavy atom. The van der Waals surface area contributed by atoms with Crippen molar-refractivity contribution in [2.24, 2.45) is 5.92 Å². The van der Waals surface area contributed by atoms with E-state index >= 15 is 0 Å². The van der Waals surface area contributed by atoms with E-state index in [1.807, 2.05) is 7.05 Å². The van der Waals surface area contributed by atoms with Crippen LogP contribution >= 0.6 is 0 Å². The van der Waals surface area contributed by atoms with Crippen molar-refractivity contribution < 1.29 is 4.79 Å².